The van der Waals surface area contributed by atoms with Crippen LogP contribution in [0.1, 0.15) is 26.3 Å². The van der Waals surface area contributed by atoms with Crippen molar-refractivity contribution in [3.8, 4) is 0 Å². The Balaban J connectivity index is 3.13. The van der Waals surface area contributed by atoms with Gasteiger partial charge in [-0.3, -0.25) is 10.1 Å². The Morgan fingerprint density at radius 1 is 1.40 bits per heavy atom. The van der Waals surface area contributed by atoms with Crippen molar-refractivity contribution in [2.45, 2.75) is 27.2 Å². The van der Waals surface area contributed by atoms with Crippen molar-refractivity contribution in [2.24, 2.45) is 5.41 Å². The third-order valence-electron chi connectivity index (χ3n) is 1.96. The van der Waals surface area contributed by atoms with Crippen LogP contribution in [-0.4, -0.2) is 4.92 Å². The predicted octanol–water partition coefficient (Wildman–Crippen LogP) is 3.95. The van der Waals surface area contributed by atoms with Crippen molar-refractivity contribution in [3.05, 3.63) is 38.3 Å². The van der Waals surface area contributed by atoms with Crippen molar-refractivity contribution >= 4 is 21.6 Å². The molecule has 0 spiro atoms. The fourth-order valence-corrected chi connectivity index (χ4v) is 1.85. The first-order valence-electron chi connectivity index (χ1n) is 4.72. The van der Waals surface area contributed by atoms with Crippen LogP contribution in [0.25, 0.3) is 0 Å². The van der Waals surface area contributed by atoms with Gasteiger partial charge in [0.2, 0.25) is 0 Å². The molecule has 3 nitrogen and oxygen atoms in total. The molecule has 0 aliphatic rings. The van der Waals surface area contributed by atoms with E-state index < -0.39 is 0 Å². The van der Waals surface area contributed by atoms with Crippen LogP contribution in [-0.2, 0) is 6.42 Å². The van der Waals surface area contributed by atoms with Crippen LogP contribution >= 0.6 is 15.9 Å². The summed E-state index contributed by atoms with van der Waals surface area (Å²) in [6.45, 7) is 6.20. The topological polar surface area (TPSA) is 43.1 Å². The first-order valence-corrected chi connectivity index (χ1v) is 5.52. The summed E-state index contributed by atoms with van der Waals surface area (Å²) in [6.07, 6.45) is 0.697. The van der Waals surface area contributed by atoms with Gasteiger partial charge < -0.3 is 0 Å². The normalized spacial score (nSPS) is 11.5. The quantitative estimate of drug-likeness (QED) is 0.604. The zero-order valence-electron chi connectivity index (χ0n) is 9.08. The van der Waals surface area contributed by atoms with E-state index >= 15 is 0 Å². The molecule has 0 aliphatic carbocycles. The molecular formula is C11H14BrNO2. The van der Waals surface area contributed by atoms with E-state index in [1.165, 1.54) is 0 Å². The molecule has 4 heteroatoms. The number of nitro benzene ring substituents is 1. The van der Waals surface area contributed by atoms with E-state index in [2.05, 4.69) is 36.7 Å². The lowest BCUT2D eigenvalue weighted by Gasteiger charge is -2.18. The molecule has 0 saturated heterocycles. The minimum absolute atomic E-state index is 0.0472. The van der Waals surface area contributed by atoms with Gasteiger partial charge in [0.15, 0.2) is 0 Å². The molecule has 0 bridgehead atoms. The highest BCUT2D eigenvalue weighted by Crippen LogP contribution is 2.29. The van der Waals surface area contributed by atoms with Crippen molar-refractivity contribution in [3.63, 3.8) is 0 Å². The minimum Gasteiger partial charge on any atom is -0.258 e. The average Bonchev–Trinajstić information content (AvgIpc) is 1.99. The second-order valence-corrected chi connectivity index (χ2v) is 5.68. The van der Waals surface area contributed by atoms with Gasteiger partial charge in [-0.25, -0.2) is 0 Å². The number of hydrogen-bond acceptors (Lipinski definition) is 2. The Labute approximate surface area is 97.8 Å². The van der Waals surface area contributed by atoms with Crippen LogP contribution in [0.15, 0.2) is 22.7 Å². The van der Waals surface area contributed by atoms with E-state index in [4.69, 9.17) is 0 Å². The molecular weight excluding hydrogens is 258 g/mol. The molecule has 0 aliphatic heterocycles. The van der Waals surface area contributed by atoms with Gasteiger partial charge in [0.05, 0.1) is 4.92 Å². The zero-order chi connectivity index (χ0) is 11.6. The molecule has 0 atom stereocenters. The molecule has 0 N–H and O–H groups in total. The molecule has 1 rings (SSSR count). The van der Waals surface area contributed by atoms with Crippen LogP contribution in [0, 0.1) is 15.5 Å². The molecule has 0 unspecified atom stereocenters. The van der Waals surface area contributed by atoms with Crippen molar-refractivity contribution in [1.82, 2.24) is 0 Å². The minimum atomic E-state index is -0.326. The van der Waals surface area contributed by atoms with Gasteiger partial charge >= 0.3 is 0 Å². The number of nitrogens with zero attached hydrogens (tertiary/aromatic N) is 1. The molecule has 0 fully saturated rings. The number of halogens is 1. The summed E-state index contributed by atoms with van der Waals surface area (Å²) in [5.41, 5.74) is 1.03. The Hall–Kier alpha value is -0.900. The van der Waals surface area contributed by atoms with Crippen LogP contribution in [0.5, 0.6) is 0 Å². The number of rotatable bonds is 2. The summed E-state index contributed by atoms with van der Waals surface area (Å²) in [4.78, 5) is 10.5. The molecule has 1 aromatic carbocycles. The fourth-order valence-electron chi connectivity index (χ4n) is 1.45. The van der Waals surface area contributed by atoms with Gasteiger partial charge in [-0.15, -0.1) is 0 Å². The van der Waals surface area contributed by atoms with Crippen molar-refractivity contribution in [1.29, 1.82) is 0 Å². The average molecular weight is 272 g/mol. The molecule has 0 amide bonds. The second kappa shape index (κ2) is 4.31. The first kappa shape index (κ1) is 12.2. The molecule has 0 heterocycles. The maximum Gasteiger partial charge on any atom is 0.272 e. The van der Waals surface area contributed by atoms with Gasteiger partial charge in [-0.1, -0.05) is 36.7 Å². The van der Waals surface area contributed by atoms with E-state index in [9.17, 15) is 10.1 Å². The van der Waals surface area contributed by atoms with Crippen LogP contribution < -0.4 is 0 Å². The number of hydrogen-bond donors (Lipinski definition) is 0. The smallest absolute Gasteiger partial charge is 0.258 e. The van der Waals surface area contributed by atoms with Crippen LogP contribution in [0.2, 0.25) is 0 Å². The van der Waals surface area contributed by atoms with Crippen LogP contribution in [0.3, 0.4) is 0 Å². The lowest BCUT2D eigenvalue weighted by molar-refractivity contribution is -0.385. The SMILES string of the molecule is CC(C)(C)Cc1cc(Br)ccc1[N+](=O)[O-]. The summed E-state index contributed by atoms with van der Waals surface area (Å²) in [6, 6.07) is 5.07. The molecule has 0 radical (unpaired) electrons. The third-order valence-corrected chi connectivity index (χ3v) is 2.45. The van der Waals surface area contributed by atoms with Crippen LogP contribution in [0.4, 0.5) is 5.69 Å². The van der Waals surface area contributed by atoms with Gasteiger partial charge in [-0.05, 0) is 24.0 Å². The Bertz CT molecular complexity index is 383. The second-order valence-electron chi connectivity index (χ2n) is 4.77. The Kier molecular flexibility index (Phi) is 3.50. The highest BCUT2D eigenvalue weighted by Gasteiger charge is 2.19. The Morgan fingerprint density at radius 3 is 2.47 bits per heavy atom. The summed E-state index contributed by atoms with van der Waals surface area (Å²) in [5, 5.41) is 10.8. The number of nitro groups is 1. The van der Waals surface area contributed by atoms with E-state index in [1.807, 2.05) is 6.07 Å². The van der Waals surface area contributed by atoms with Gasteiger partial charge in [0, 0.05) is 16.1 Å². The summed E-state index contributed by atoms with van der Waals surface area (Å²) in [7, 11) is 0. The lowest BCUT2D eigenvalue weighted by atomic mass is 9.87. The predicted molar refractivity (Wildman–Crippen MR) is 64.0 cm³/mol. The van der Waals surface area contributed by atoms with E-state index in [-0.39, 0.29) is 16.0 Å². The molecule has 0 saturated carbocycles. The summed E-state index contributed by atoms with van der Waals surface area (Å²) < 4.78 is 0.882. The summed E-state index contributed by atoms with van der Waals surface area (Å²) >= 11 is 3.33. The highest BCUT2D eigenvalue weighted by molar-refractivity contribution is 9.10. The first-order chi connectivity index (χ1) is 6.79. The lowest BCUT2D eigenvalue weighted by Crippen LogP contribution is -2.10. The third kappa shape index (κ3) is 3.63. The Morgan fingerprint density at radius 2 is 2.00 bits per heavy atom. The molecule has 15 heavy (non-hydrogen) atoms. The number of benzene rings is 1. The van der Waals surface area contributed by atoms with Gasteiger partial charge in [0.25, 0.3) is 5.69 Å². The van der Waals surface area contributed by atoms with E-state index in [0.29, 0.717) is 6.42 Å². The van der Waals surface area contributed by atoms with Gasteiger partial charge in [0.1, 0.15) is 0 Å². The van der Waals surface area contributed by atoms with E-state index in [0.717, 1.165) is 10.0 Å². The van der Waals surface area contributed by atoms with Crippen molar-refractivity contribution < 1.29 is 4.92 Å². The summed E-state index contributed by atoms with van der Waals surface area (Å²) in [5.74, 6) is 0. The zero-order valence-corrected chi connectivity index (χ0v) is 10.7. The molecule has 82 valence electrons. The fraction of sp³-hybridized carbons (Fsp3) is 0.455. The maximum atomic E-state index is 10.8. The maximum absolute atomic E-state index is 10.8. The standard InChI is InChI=1S/C11H14BrNO2/c1-11(2,3)7-8-6-9(12)4-5-10(8)13(14)15/h4-6H,7H2,1-3H3. The van der Waals surface area contributed by atoms with Gasteiger partial charge in [-0.2, -0.15) is 0 Å². The molecule has 1 aromatic rings. The highest BCUT2D eigenvalue weighted by atomic mass is 79.9. The van der Waals surface area contributed by atoms with E-state index in [1.54, 1.807) is 12.1 Å². The molecule has 0 aromatic heterocycles. The van der Waals surface area contributed by atoms with Crippen molar-refractivity contribution in [2.75, 3.05) is 0 Å². The largest absolute Gasteiger partial charge is 0.272 e. The monoisotopic (exact) mass is 271 g/mol.